The highest BCUT2D eigenvalue weighted by molar-refractivity contribution is 5.99. The van der Waals surface area contributed by atoms with Gasteiger partial charge in [-0.25, -0.2) is 4.68 Å². The predicted octanol–water partition coefficient (Wildman–Crippen LogP) is 4.95. The number of carbonyl (C=O) groups is 2. The van der Waals surface area contributed by atoms with Gasteiger partial charge in [-0.1, -0.05) is 49.7 Å². The van der Waals surface area contributed by atoms with Crippen molar-refractivity contribution in [3.63, 3.8) is 0 Å². The first-order valence-corrected chi connectivity index (χ1v) is 12.2. The van der Waals surface area contributed by atoms with E-state index in [4.69, 9.17) is 5.10 Å². The Morgan fingerprint density at radius 3 is 2.41 bits per heavy atom. The number of hydrogen-bond acceptors (Lipinski definition) is 3. The lowest BCUT2D eigenvalue weighted by Gasteiger charge is -2.41. The zero-order valence-corrected chi connectivity index (χ0v) is 20.4. The van der Waals surface area contributed by atoms with Crippen LogP contribution in [0.4, 0.5) is 0 Å². The van der Waals surface area contributed by atoms with Crippen molar-refractivity contribution >= 4 is 11.8 Å². The molecular formula is C28H32N4O2. The number of para-hydroxylation sites is 1. The van der Waals surface area contributed by atoms with E-state index in [0.29, 0.717) is 17.8 Å². The van der Waals surface area contributed by atoms with Crippen LogP contribution in [0, 0.1) is 19.8 Å². The molecule has 0 aliphatic carbocycles. The summed E-state index contributed by atoms with van der Waals surface area (Å²) in [4.78, 5) is 31.2. The Labute approximate surface area is 201 Å². The summed E-state index contributed by atoms with van der Waals surface area (Å²) in [7, 11) is 0. The smallest absolute Gasteiger partial charge is 0.273 e. The van der Waals surface area contributed by atoms with Crippen molar-refractivity contribution in [2.24, 2.45) is 5.92 Å². The SMILES string of the molecule is Cc1ccc(C(=O)N2CCCC(N3C(=O)c4c(c(C)nn4-c4ccccc4)C3C(C)C)C2)cc1. The van der Waals surface area contributed by atoms with Crippen molar-refractivity contribution in [3.05, 3.63) is 82.7 Å². The summed E-state index contributed by atoms with van der Waals surface area (Å²) in [6.45, 7) is 9.63. The first-order chi connectivity index (χ1) is 16.4. The van der Waals surface area contributed by atoms with Crippen molar-refractivity contribution in [3.8, 4) is 5.69 Å². The van der Waals surface area contributed by atoms with Crippen LogP contribution in [0.25, 0.3) is 5.69 Å². The first-order valence-electron chi connectivity index (χ1n) is 12.2. The van der Waals surface area contributed by atoms with E-state index in [9.17, 15) is 9.59 Å². The molecule has 0 saturated carbocycles. The lowest BCUT2D eigenvalue weighted by atomic mass is 9.94. The summed E-state index contributed by atoms with van der Waals surface area (Å²) >= 11 is 0. The van der Waals surface area contributed by atoms with Gasteiger partial charge in [0.2, 0.25) is 0 Å². The monoisotopic (exact) mass is 456 g/mol. The molecule has 3 aromatic rings. The highest BCUT2D eigenvalue weighted by atomic mass is 16.2. The van der Waals surface area contributed by atoms with Crippen LogP contribution >= 0.6 is 0 Å². The van der Waals surface area contributed by atoms with Crippen LogP contribution in [0.3, 0.4) is 0 Å². The third-order valence-electron chi connectivity index (χ3n) is 7.15. The molecule has 176 valence electrons. The van der Waals surface area contributed by atoms with Crippen molar-refractivity contribution < 1.29 is 9.59 Å². The van der Waals surface area contributed by atoms with Crippen molar-refractivity contribution in [1.82, 2.24) is 19.6 Å². The van der Waals surface area contributed by atoms with Gasteiger partial charge < -0.3 is 9.80 Å². The minimum atomic E-state index is -0.0422. The maximum Gasteiger partial charge on any atom is 0.273 e. The Balaban J connectivity index is 1.47. The largest absolute Gasteiger partial charge is 0.337 e. The third-order valence-corrected chi connectivity index (χ3v) is 7.15. The van der Waals surface area contributed by atoms with Crippen LogP contribution in [-0.4, -0.2) is 50.5 Å². The fourth-order valence-electron chi connectivity index (χ4n) is 5.54. The zero-order chi connectivity index (χ0) is 24.0. The average molecular weight is 457 g/mol. The van der Waals surface area contributed by atoms with Crippen LogP contribution in [0.1, 0.15) is 70.4 Å². The molecule has 5 rings (SSSR count). The lowest BCUT2D eigenvalue weighted by molar-refractivity contribution is 0.0344. The Morgan fingerprint density at radius 1 is 1.03 bits per heavy atom. The molecule has 1 fully saturated rings. The molecular weight excluding hydrogens is 424 g/mol. The Kier molecular flexibility index (Phi) is 5.76. The second-order valence-electron chi connectivity index (χ2n) is 9.91. The quantitative estimate of drug-likeness (QED) is 0.558. The van der Waals surface area contributed by atoms with Gasteiger partial charge in [-0.2, -0.15) is 5.10 Å². The average Bonchev–Trinajstić information content (AvgIpc) is 3.35. The van der Waals surface area contributed by atoms with Crippen molar-refractivity contribution in [2.75, 3.05) is 13.1 Å². The molecule has 2 unspecified atom stereocenters. The minimum absolute atomic E-state index is 0.0147. The molecule has 0 spiro atoms. The van der Waals surface area contributed by atoms with E-state index in [1.54, 1.807) is 4.68 Å². The molecule has 34 heavy (non-hydrogen) atoms. The number of aromatic nitrogens is 2. The summed E-state index contributed by atoms with van der Waals surface area (Å²) in [5, 5.41) is 4.76. The molecule has 0 radical (unpaired) electrons. The molecule has 3 heterocycles. The third kappa shape index (κ3) is 3.71. The van der Waals surface area contributed by atoms with Gasteiger partial charge in [0.25, 0.3) is 11.8 Å². The fourth-order valence-corrected chi connectivity index (χ4v) is 5.54. The van der Waals surface area contributed by atoms with Gasteiger partial charge in [-0.15, -0.1) is 0 Å². The number of likely N-dealkylation sites (tertiary alicyclic amines) is 1. The van der Waals surface area contributed by atoms with E-state index >= 15 is 0 Å². The van der Waals surface area contributed by atoms with Gasteiger partial charge >= 0.3 is 0 Å². The Bertz CT molecular complexity index is 1210. The van der Waals surface area contributed by atoms with Gasteiger partial charge in [0, 0.05) is 24.2 Å². The predicted molar refractivity (Wildman–Crippen MR) is 132 cm³/mol. The maximum absolute atomic E-state index is 14.0. The van der Waals surface area contributed by atoms with E-state index in [-0.39, 0.29) is 29.8 Å². The summed E-state index contributed by atoms with van der Waals surface area (Å²) in [6.07, 6.45) is 1.78. The number of carbonyl (C=O) groups excluding carboxylic acids is 2. The molecule has 2 atom stereocenters. The van der Waals surface area contributed by atoms with E-state index < -0.39 is 0 Å². The van der Waals surface area contributed by atoms with Crippen LogP contribution in [0.15, 0.2) is 54.6 Å². The van der Waals surface area contributed by atoms with Crippen LogP contribution in [-0.2, 0) is 0 Å². The molecule has 0 N–H and O–H groups in total. The number of rotatable bonds is 4. The van der Waals surface area contributed by atoms with E-state index in [1.165, 1.54) is 0 Å². The number of benzene rings is 2. The van der Waals surface area contributed by atoms with Gasteiger partial charge in [-0.3, -0.25) is 9.59 Å². The van der Waals surface area contributed by atoms with Gasteiger partial charge in [0.05, 0.1) is 23.5 Å². The first kappa shape index (κ1) is 22.4. The fraction of sp³-hybridized carbons (Fsp3) is 0.393. The van der Waals surface area contributed by atoms with E-state index in [1.807, 2.05) is 73.3 Å². The highest BCUT2D eigenvalue weighted by Gasteiger charge is 2.47. The van der Waals surface area contributed by atoms with E-state index in [0.717, 1.165) is 41.9 Å². The lowest BCUT2D eigenvalue weighted by Crippen LogP contribution is -2.51. The molecule has 1 aromatic heterocycles. The zero-order valence-electron chi connectivity index (χ0n) is 20.4. The maximum atomic E-state index is 14.0. The van der Waals surface area contributed by atoms with Gasteiger partial charge in [0.1, 0.15) is 5.69 Å². The number of nitrogens with zero attached hydrogens (tertiary/aromatic N) is 4. The minimum Gasteiger partial charge on any atom is -0.337 e. The number of amides is 2. The number of aryl methyl sites for hydroxylation is 2. The summed E-state index contributed by atoms with van der Waals surface area (Å²) < 4.78 is 1.81. The second kappa shape index (κ2) is 8.75. The van der Waals surface area contributed by atoms with E-state index in [2.05, 4.69) is 18.7 Å². The van der Waals surface area contributed by atoms with Crippen LogP contribution in [0.2, 0.25) is 0 Å². The van der Waals surface area contributed by atoms with Gasteiger partial charge in [0.15, 0.2) is 0 Å². The molecule has 0 bridgehead atoms. The number of fused-ring (bicyclic) bond motifs is 1. The number of piperidine rings is 1. The van der Waals surface area contributed by atoms with Crippen LogP contribution < -0.4 is 0 Å². The molecule has 2 amide bonds. The van der Waals surface area contributed by atoms with Crippen molar-refractivity contribution in [2.45, 2.75) is 52.6 Å². The molecule has 2 aliphatic rings. The summed E-state index contributed by atoms with van der Waals surface area (Å²) in [6, 6.07) is 17.5. The molecule has 6 heteroatoms. The summed E-state index contributed by atoms with van der Waals surface area (Å²) in [5.74, 6) is 0.301. The Hall–Kier alpha value is -3.41. The topological polar surface area (TPSA) is 58.4 Å². The van der Waals surface area contributed by atoms with Crippen molar-refractivity contribution in [1.29, 1.82) is 0 Å². The standard InChI is InChI=1S/C28H32N4O2/c1-18(2)25-24-20(4)29-32(22-9-6-5-7-10-22)26(24)28(34)31(25)23-11-8-16-30(17-23)27(33)21-14-12-19(3)13-15-21/h5-7,9-10,12-15,18,23,25H,8,11,16-17H2,1-4H3. The molecule has 2 aliphatic heterocycles. The normalized spacial score (nSPS) is 20.2. The second-order valence-corrected chi connectivity index (χ2v) is 9.91. The Morgan fingerprint density at radius 2 is 1.74 bits per heavy atom. The molecule has 1 saturated heterocycles. The van der Waals surface area contributed by atoms with Gasteiger partial charge in [-0.05, 0) is 56.9 Å². The highest BCUT2D eigenvalue weighted by Crippen LogP contribution is 2.43. The summed E-state index contributed by atoms with van der Waals surface area (Å²) in [5.41, 5.74) is 5.34. The van der Waals surface area contributed by atoms with Crippen LogP contribution in [0.5, 0.6) is 0 Å². The molecule has 6 nitrogen and oxygen atoms in total. The number of hydrogen-bond donors (Lipinski definition) is 0. The molecule has 2 aromatic carbocycles.